The van der Waals surface area contributed by atoms with Crippen molar-refractivity contribution in [2.75, 3.05) is 11.1 Å². The molecule has 0 saturated heterocycles. The highest BCUT2D eigenvalue weighted by molar-refractivity contribution is 7.09. The second-order valence-electron chi connectivity index (χ2n) is 4.33. The van der Waals surface area contributed by atoms with Crippen LogP contribution in [0.1, 0.15) is 34.0 Å². The number of thiazole rings is 1. The molecular formula is C13H16N4OS. The molecular weight excluding hydrogens is 260 g/mol. The van der Waals surface area contributed by atoms with Gasteiger partial charge in [0.15, 0.2) is 0 Å². The Morgan fingerprint density at radius 1 is 1.47 bits per heavy atom. The Kier molecular flexibility index (Phi) is 3.71. The average molecular weight is 276 g/mol. The van der Waals surface area contributed by atoms with E-state index in [4.69, 9.17) is 11.5 Å². The Balaban J connectivity index is 2.30. The van der Waals surface area contributed by atoms with Gasteiger partial charge in [-0.1, -0.05) is 6.07 Å². The van der Waals surface area contributed by atoms with Crippen LogP contribution in [0, 0.1) is 6.92 Å². The quantitative estimate of drug-likeness (QED) is 0.747. The van der Waals surface area contributed by atoms with Crippen LogP contribution < -0.4 is 16.8 Å². The Labute approximate surface area is 115 Å². The molecule has 5 nitrogen and oxygen atoms in total. The molecule has 2 rings (SSSR count). The van der Waals surface area contributed by atoms with Gasteiger partial charge in [0, 0.05) is 11.1 Å². The van der Waals surface area contributed by atoms with Gasteiger partial charge in [0.1, 0.15) is 5.01 Å². The maximum absolute atomic E-state index is 11.4. The molecule has 1 aromatic carbocycles. The summed E-state index contributed by atoms with van der Waals surface area (Å²) in [5.41, 5.74) is 13.7. The number of primary amides is 1. The summed E-state index contributed by atoms with van der Waals surface area (Å²) in [6.45, 7) is 3.91. The van der Waals surface area contributed by atoms with Crippen LogP contribution in [0.2, 0.25) is 0 Å². The zero-order chi connectivity index (χ0) is 14.0. The fourth-order valence-electron chi connectivity index (χ4n) is 1.79. The number of benzene rings is 1. The Morgan fingerprint density at radius 3 is 2.79 bits per heavy atom. The van der Waals surface area contributed by atoms with E-state index in [1.165, 1.54) is 0 Å². The number of nitrogens with two attached hydrogens (primary N) is 2. The molecule has 1 heterocycles. The molecule has 1 atom stereocenters. The van der Waals surface area contributed by atoms with E-state index in [-0.39, 0.29) is 6.04 Å². The molecule has 0 aliphatic carbocycles. The van der Waals surface area contributed by atoms with Crippen LogP contribution in [0.5, 0.6) is 0 Å². The molecule has 2 aromatic rings. The predicted octanol–water partition coefficient (Wildman–Crippen LogP) is 2.31. The summed E-state index contributed by atoms with van der Waals surface area (Å²) < 4.78 is 0. The fraction of sp³-hybridized carbons (Fsp3) is 0.231. The summed E-state index contributed by atoms with van der Waals surface area (Å²) in [6, 6.07) is 5.05. The van der Waals surface area contributed by atoms with Crippen LogP contribution in [0.15, 0.2) is 23.6 Å². The van der Waals surface area contributed by atoms with Crippen LogP contribution >= 0.6 is 11.3 Å². The first-order valence-electron chi connectivity index (χ1n) is 5.86. The third kappa shape index (κ3) is 2.85. The van der Waals surface area contributed by atoms with E-state index in [1.807, 2.05) is 19.2 Å². The summed E-state index contributed by atoms with van der Waals surface area (Å²) in [7, 11) is 0. The summed E-state index contributed by atoms with van der Waals surface area (Å²) in [6.07, 6.45) is 0. The maximum atomic E-state index is 11.4. The van der Waals surface area contributed by atoms with Crippen molar-refractivity contribution in [1.82, 2.24) is 4.98 Å². The van der Waals surface area contributed by atoms with Crippen molar-refractivity contribution in [2.45, 2.75) is 19.9 Å². The normalized spacial score (nSPS) is 12.1. The Morgan fingerprint density at radius 2 is 2.21 bits per heavy atom. The fourth-order valence-corrected chi connectivity index (χ4v) is 2.59. The van der Waals surface area contributed by atoms with Crippen LogP contribution in [-0.4, -0.2) is 10.9 Å². The minimum atomic E-state index is -0.502. The van der Waals surface area contributed by atoms with Gasteiger partial charge < -0.3 is 16.8 Å². The van der Waals surface area contributed by atoms with Gasteiger partial charge in [0.25, 0.3) is 5.91 Å². The number of aromatic nitrogens is 1. The molecule has 5 N–H and O–H groups in total. The largest absolute Gasteiger partial charge is 0.397 e. The molecule has 19 heavy (non-hydrogen) atoms. The molecule has 1 unspecified atom stereocenters. The number of aryl methyl sites for hydroxylation is 1. The van der Waals surface area contributed by atoms with E-state index in [0.717, 1.165) is 10.7 Å². The van der Waals surface area contributed by atoms with Crippen molar-refractivity contribution in [2.24, 2.45) is 5.73 Å². The molecule has 0 saturated carbocycles. The standard InChI is InChI=1S/C13H16N4OS/c1-7-6-19-13(16-7)8(2)17-11-9(12(15)18)4-3-5-10(11)14/h3-6,8,17H,14H2,1-2H3,(H2,15,18). The number of para-hydroxylation sites is 1. The third-order valence-corrected chi connectivity index (χ3v) is 3.88. The van der Waals surface area contributed by atoms with Gasteiger partial charge >= 0.3 is 0 Å². The van der Waals surface area contributed by atoms with E-state index < -0.39 is 5.91 Å². The number of amides is 1. The highest BCUT2D eigenvalue weighted by Crippen LogP contribution is 2.28. The van der Waals surface area contributed by atoms with Gasteiger partial charge in [0.2, 0.25) is 0 Å². The number of nitrogens with one attached hydrogen (secondary N) is 1. The summed E-state index contributed by atoms with van der Waals surface area (Å²) in [5, 5.41) is 6.14. The van der Waals surface area contributed by atoms with E-state index in [9.17, 15) is 4.79 Å². The molecule has 0 bridgehead atoms. The number of rotatable bonds is 4. The monoisotopic (exact) mass is 276 g/mol. The van der Waals surface area contributed by atoms with Crippen LogP contribution in [0.25, 0.3) is 0 Å². The highest BCUT2D eigenvalue weighted by atomic mass is 32.1. The lowest BCUT2D eigenvalue weighted by Gasteiger charge is -2.17. The number of nitrogens with zero attached hydrogens (tertiary/aromatic N) is 1. The summed E-state index contributed by atoms with van der Waals surface area (Å²) in [5.74, 6) is -0.502. The zero-order valence-corrected chi connectivity index (χ0v) is 11.6. The summed E-state index contributed by atoms with van der Waals surface area (Å²) >= 11 is 1.57. The number of carbonyl (C=O) groups is 1. The molecule has 0 fully saturated rings. The van der Waals surface area contributed by atoms with Crippen molar-refractivity contribution in [1.29, 1.82) is 0 Å². The molecule has 1 amide bonds. The zero-order valence-electron chi connectivity index (χ0n) is 10.8. The molecule has 100 valence electrons. The SMILES string of the molecule is Cc1csc(C(C)Nc2c(N)cccc2C(N)=O)n1. The topological polar surface area (TPSA) is 94.0 Å². The van der Waals surface area contributed by atoms with Gasteiger partial charge in [-0.05, 0) is 26.0 Å². The molecule has 6 heteroatoms. The first kappa shape index (κ1) is 13.4. The lowest BCUT2D eigenvalue weighted by Crippen LogP contribution is -2.17. The van der Waals surface area contributed by atoms with E-state index >= 15 is 0 Å². The van der Waals surface area contributed by atoms with Crippen LogP contribution in [-0.2, 0) is 0 Å². The predicted molar refractivity (Wildman–Crippen MR) is 78.3 cm³/mol. The molecule has 0 aliphatic rings. The number of hydrogen-bond donors (Lipinski definition) is 3. The third-order valence-electron chi connectivity index (χ3n) is 2.73. The minimum absolute atomic E-state index is 0.0403. The van der Waals surface area contributed by atoms with E-state index in [0.29, 0.717) is 16.9 Å². The lowest BCUT2D eigenvalue weighted by atomic mass is 10.1. The molecule has 1 aromatic heterocycles. The average Bonchev–Trinajstić information content (AvgIpc) is 2.78. The number of nitrogen functional groups attached to an aromatic ring is 1. The lowest BCUT2D eigenvalue weighted by molar-refractivity contribution is 0.100. The van der Waals surface area contributed by atoms with Crippen molar-refractivity contribution >= 4 is 28.6 Å². The van der Waals surface area contributed by atoms with Crippen molar-refractivity contribution in [3.8, 4) is 0 Å². The second-order valence-corrected chi connectivity index (χ2v) is 5.22. The maximum Gasteiger partial charge on any atom is 0.250 e. The van der Waals surface area contributed by atoms with Gasteiger partial charge in [-0.25, -0.2) is 4.98 Å². The van der Waals surface area contributed by atoms with Crippen LogP contribution in [0.3, 0.4) is 0 Å². The van der Waals surface area contributed by atoms with Crippen LogP contribution in [0.4, 0.5) is 11.4 Å². The Hall–Kier alpha value is -2.08. The summed E-state index contributed by atoms with van der Waals surface area (Å²) in [4.78, 5) is 15.8. The Bertz CT molecular complexity index is 608. The van der Waals surface area contributed by atoms with Gasteiger partial charge in [-0.3, -0.25) is 4.79 Å². The second kappa shape index (κ2) is 5.27. The minimum Gasteiger partial charge on any atom is -0.397 e. The number of anilines is 2. The van der Waals surface area contributed by atoms with Gasteiger partial charge in [0.05, 0.1) is 23.0 Å². The van der Waals surface area contributed by atoms with Crippen molar-refractivity contribution < 1.29 is 4.79 Å². The van der Waals surface area contributed by atoms with Crippen molar-refractivity contribution in [3.63, 3.8) is 0 Å². The van der Waals surface area contributed by atoms with E-state index in [2.05, 4.69) is 10.3 Å². The number of hydrogen-bond acceptors (Lipinski definition) is 5. The molecule has 0 aliphatic heterocycles. The van der Waals surface area contributed by atoms with Gasteiger partial charge in [-0.15, -0.1) is 11.3 Å². The van der Waals surface area contributed by atoms with Crippen molar-refractivity contribution in [3.05, 3.63) is 39.8 Å². The molecule has 0 spiro atoms. The number of carbonyl (C=O) groups excluding carboxylic acids is 1. The van der Waals surface area contributed by atoms with E-state index in [1.54, 1.807) is 29.5 Å². The van der Waals surface area contributed by atoms with Gasteiger partial charge in [-0.2, -0.15) is 0 Å². The highest BCUT2D eigenvalue weighted by Gasteiger charge is 2.15. The smallest absolute Gasteiger partial charge is 0.250 e. The first-order valence-corrected chi connectivity index (χ1v) is 6.74. The first-order chi connectivity index (χ1) is 8.99. The molecule has 0 radical (unpaired) electrons.